The molecule has 0 aromatic rings. The average molecular weight is 307 g/mol. The summed E-state index contributed by atoms with van der Waals surface area (Å²) in [6.07, 6.45) is -1.18. The number of rotatable bonds is 3. The van der Waals surface area contributed by atoms with Crippen LogP contribution in [-0.4, -0.2) is 38.7 Å². The molecule has 0 bridgehead atoms. The summed E-state index contributed by atoms with van der Waals surface area (Å²) >= 11 is 0. The Morgan fingerprint density at radius 1 is 1.17 bits per heavy atom. The van der Waals surface area contributed by atoms with Gasteiger partial charge in [-0.15, -0.1) is 0 Å². The van der Waals surface area contributed by atoms with E-state index in [1.54, 1.807) is 26.3 Å². The monoisotopic (exact) mass is 307 g/mol. The van der Waals surface area contributed by atoms with Crippen molar-refractivity contribution >= 4 is 26.1 Å². The molecule has 0 aromatic carbocycles. The number of hydroxylamine groups is 1. The van der Waals surface area contributed by atoms with Crippen LogP contribution in [0.15, 0.2) is 0 Å². The summed E-state index contributed by atoms with van der Waals surface area (Å²) in [4.78, 5) is 14.5. The van der Waals surface area contributed by atoms with Crippen LogP contribution in [0.2, 0.25) is 0 Å². The molecule has 0 heterocycles. The molecule has 0 saturated heterocycles. The summed E-state index contributed by atoms with van der Waals surface area (Å²) in [6, 6.07) is 0. The summed E-state index contributed by atoms with van der Waals surface area (Å²) < 4.78 is 39.9. The minimum Gasteiger partial charge on any atom is -0.464 e. The second-order valence-corrected chi connectivity index (χ2v) is 7.66. The van der Waals surface area contributed by atoms with Crippen LogP contribution in [-0.2, 0) is 24.9 Å². The molecule has 1 amide bonds. The molecule has 0 aromatic heterocycles. The molecule has 0 rings (SSSR count). The number of hydrogen-bond donors (Lipinski definition) is 4. The van der Waals surface area contributed by atoms with Crippen LogP contribution < -0.4 is 15.8 Å². The van der Waals surface area contributed by atoms with Crippen molar-refractivity contribution in [2.24, 2.45) is 10.3 Å². The average Bonchev–Trinajstić information content (AvgIpc) is 1.92. The van der Waals surface area contributed by atoms with Gasteiger partial charge >= 0.3 is 6.09 Å². The largest absolute Gasteiger partial charge is 0.464 e. The minimum atomic E-state index is -3.99. The molecule has 18 heavy (non-hydrogen) atoms. The van der Waals surface area contributed by atoms with Crippen molar-refractivity contribution in [3.8, 4) is 0 Å². The predicted octanol–water partition coefficient (Wildman–Crippen LogP) is -1.49. The molecule has 110 valence electrons. The molecule has 0 atom stereocenters. The van der Waals surface area contributed by atoms with Gasteiger partial charge in [0.05, 0.1) is 5.60 Å². The first-order valence-corrected chi connectivity index (χ1v) is 7.73. The molecular weight excluding hydrogens is 290 g/mol. The van der Waals surface area contributed by atoms with Crippen molar-refractivity contribution < 1.29 is 31.6 Å². The van der Waals surface area contributed by atoms with Gasteiger partial charge in [0.15, 0.2) is 5.08 Å². The van der Waals surface area contributed by atoms with Crippen molar-refractivity contribution in [2.45, 2.75) is 26.4 Å². The maximum absolute atomic E-state index is 9.97. The first-order chi connectivity index (χ1) is 7.62. The van der Waals surface area contributed by atoms with Crippen LogP contribution in [0.1, 0.15) is 20.8 Å². The van der Waals surface area contributed by atoms with Crippen molar-refractivity contribution in [1.82, 2.24) is 5.48 Å². The number of sulfonamides is 2. The normalized spacial score (nSPS) is 12.3. The fourth-order valence-corrected chi connectivity index (χ4v) is 2.26. The lowest BCUT2D eigenvalue weighted by molar-refractivity contribution is -0.0614. The molecule has 0 unspecified atom stereocenters. The molecule has 10 nitrogen and oxygen atoms in total. The van der Waals surface area contributed by atoms with Crippen LogP contribution in [0.4, 0.5) is 4.79 Å². The molecule has 0 radical (unpaired) electrons. The topological polar surface area (TPSA) is 179 Å². The molecule has 12 heteroatoms. The van der Waals surface area contributed by atoms with Gasteiger partial charge in [-0.2, -0.15) is 5.48 Å². The van der Waals surface area contributed by atoms with Crippen LogP contribution in [0.25, 0.3) is 0 Å². The van der Waals surface area contributed by atoms with E-state index in [-0.39, 0.29) is 0 Å². The fraction of sp³-hybridized carbons (Fsp3) is 0.833. The smallest absolute Gasteiger partial charge is 0.428 e. The van der Waals surface area contributed by atoms with Gasteiger partial charge in [0.1, 0.15) is 0 Å². The Balaban J connectivity index is 0. The van der Waals surface area contributed by atoms with E-state index in [0.717, 1.165) is 0 Å². The van der Waals surface area contributed by atoms with Gasteiger partial charge < -0.3 is 5.11 Å². The molecule has 0 saturated carbocycles. The van der Waals surface area contributed by atoms with E-state index in [1.807, 2.05) is 0 Å². The van der Waals surface area contributed by atoms with E-state index in [2.05, 4.69) is 15.1 Å². The highest BCUT2D eigenvalue weighted by atomic mass is 32.3. The Kier molecular flexibility index (Phi) is 7.37. The van der Waals surface area contributed by atoms with Crippen molar-refractivity contribution in [1.29, 1.82) is 0 Å². The van der Waals surface area contributed by atoms with E-state index in [9.17, 15) is 21.6 Å². The Hall–Kier alpha value is -0.950. The van der Waals surface area contributed by atoms with Gasteiger partial charge in [0, 0.05) is 0 Å². The summed E-state index contributed by atoms with van der Waals surface area (Å²) in [5, 5.41) is 15.5. The lowest BCUT2D eigenvalue weighted by atomic mass is 10.2. The van der Waals surface area contributed by atoms with E-state index >= 15 is 0 Å². The molecule has 0 spiro atoms. The van der Waals surface area contributed by atoms with E-state index in [1.165, 1.54) is 0 Å². The van der Waals surface area contributed by atoms with Gasteiger partial charge in [0.2, 0.25) is 20.0 Å². The maximum Gasteiger partial charge on any atom is 0.428 e. The molecule has 0 aliphatic rings. The third-order valence-electron chi connectivity index (χ3n) is 0.773. The molecule has 0 aliphatic carbocycles. The number of amides is 1. The third-order valence-corrected chi connectivity index (χ3v) is 3.40. The Labute approximate surface area is 105 Å². The number of primary sulfonamides is 2. The molecular formula is C6H17N3O7S2. The van der Waals surface area contributed by atoms with Gasteiger partial charge in [-0.25, -0.2) is 31.9 Å². The summed E-state index contributed by atoms with van der Waals surface area (Å²) in [5.41, 5.74) is 1.34. The SMILES string of the molecule is CC(C)(C)ONC(=O)O.NS(=O)(=O)CS(N)(=O)=O. The zero-order valence-corrected chi connectivity index (χ0v) is 11.7. The molecule has 6 N–H and O–H groups in total. The number of nitrogens with two attached hydrogens (primary N) is 2. The fourth-order valence-electron chi connectivity index (χ4n) is 0.426. The highest BCUT2D eigenvalue weighted by molar-refractivity contribution is 8.05. The quantitative estimate of drug-likeness (QED) is 0.458. The van der Waals surface area contributed by atoms with E-state index in [4.69, 9.17) is 5.11 Å². The minimum absolute atomic E-state index is 0.460. The lowest BCUT2D eigenvalue weighted by Crippen LogP contribution is -2.32. The first kappa shape index (κ1) is 19.4. The van der Waals surface area contributed by atoms with Crippen LogP contribution >= 0.6 is 0 Å². The number of carboxylic acid groups (broad SMARTS) is 1. The number of carbonyl (C=O) groups is 1. The van der Waals surface area contributed by atoms with E-state index in [0.29, 0.717) is 0 Å². The summed E-state index contributed by atoms with van der Waals surface area (Å²) in [6.45, 7) is 5.26. The second kappa shape index (κ2) is 6.84. The van der Waals surface area contributed by atoms with Crippen LogP contribution in [0.3, 0.4) is 0 Å². The van der Waals surface area contributed by atoms with E-state index < -0.39 is 36.8 Å². The molecule has 0 aliphatic heterocycles. The van der Waals surface area contributed by atoms with Gasteiger partial charge in [-0.3, -0.25) is 4.84 Å². The van der Waals surface area contributed by atoms with Crippen LogP contribution in [0.5, 0.6) is 0 Å². The zero-order chi connectivity index (χ0) is 15.2. The zero-order valence-electron chi connectivity index (χ0n) is 10.1. The Morgan fingerprint density at radius 3 is 1.56 bits per heavy atom. The predicted molar refractivity (Wildman–Crippen MR) is 63.1 cm³/mol. The second-order valence-electron chi connectivity index (χ2n) is 4.07. The third kappa shape index (κ3) is 24.3. The van der Waals surface area contributed by atoms with Crippen molar-refractivity contribution in [2.75, 3.05) is 5.08 Å². The van der Waals surface area contributed by atoms with Crippen LogP contribution in [0, 0.1) is 0 Å². The molecule has 0 fully saturated rings. The van der Waals surface area contributed by atoms with Crippen molar-refractivity contribution in [3.63, 3.8) is 0 Å². The van der Waals surface area contributed by atoms with Gasteiger partial charge in [-0.05, 0) is 20.8 Å². The van der Waals surface area contributed by atoms with Gasteiger partial charge in [-0.1, -0.05) is 0 Å². The maximum atomic E-state index is 9.97. The Morgan fingerprint density at radius 2 is 1.50 bits per heavy atom. The van der Waals surface area contributed by atoms with Gasteiger partial charge in [0.25, 0.3) is 0 Å². The highest BCUT2D eigenvalue weighted by Gasteiger charge is 2.12. The number of nitrogens with one attached hydrogen (secondary N) is 1. The lowest BCUT2D eigenvalue weighted by Gasteiger charge is -2.16. The summed E-state index contributed by atoms with van der Waals surface area (Å²) in [5.74, 6) is 0. The number of hydrogen-bond acceptors (Lipinski definition) is 6. The highest BCUT2D eigenvalue weighted by Crippen LogP contribution is 2.02. The standard InChI is InChI=1S/C5H11NO3.CH6N2O4S2/c1-5(2,3)9-6-4(7)8;2-8(4,5)1-9(3,6)7/h6H,1-3H3,(H,7,8);1H2,(H2,2,4,5)(H2,3,6,7). The summed E-state index contributed by atoms with van der Waals surface area (Å²) in [7, 11) is -7.99. The Bertz CT molecular complexity index is 432. The first-order valence-electron chi connectivity index (χ1n) is 4.30. The van der Waals surface area contributed by atoms with Crippen molar-refractivity contribution in [3.05, 3.63) is 0 Å².